The van der Waals surface area contributed by atoms with E-state index >= 15 is 0 Å². The maximum absolute atomic E-state index is 12.2. The van der Waals surface area contributed by atoms with Gasteiger partial charge < -0.3 is 4.74 Å². The largest absolute Gasteiger partial charge is 0.488 e. The summed E-state index contributed by atoms with van der Waals surface area (Å²) < 4.78 is 5.89. The van der Waals surface area contributed by atoms with Gasteiger partial charge in [0.15, 0.2) is 0 Å². The zero-order valence-electron chi connectivity index (χ0n) is 16.8. The molecule has 0 atom stereocenters. The molecule has 6 heteroatoms. The smallest absolute Gasteiger partial charge is 0.244 e. The minimum Gasteiger partial charge on any atom is -0.488 e. The number of halogens is 2. The quantitative estimate of drug-likeness (QED) is 0.368. The van der Waals surface area contributed by atoms with E-state index in [2.05, 4.69) is 16.6 Å². The van der Waals surface area contributed by atoms with E-state index in [9.17, 15) is 4.79 Å². The number of nitrogens with zero attached hydrogens (tertiary/aromatic N) is 1. The predicted molar refractivity (Wildman–Crippen MR) is 123 cm³/mol. The molecule has 3 aromatic rings. The van der Waals surface area contributed by atoms with Crippen molar-refractivity contribution in [2.45, 2.75) is 26.9 Å². The van der Waals surface area contributed by atoms with Crippen LogP contribution in [0.5, 0.6) is 5.75 Å². The number of nitrogens with one attached hydrogen (secondary N) is 1. The molecule has 154 valence electrons. The second kappa shape index (κ2) is 10.3. The standard InChI is InChI=1S/C24H22Cl2N2O2/c1-16-6-7-19(17(2)10-16)13-24(29)28-27-14-20-12-22(26)8-9-23(20)30-15-18-4-3-5-21(25)11-18/h3-12,14H,13,15H2,1-2H3,(H,28,29)/b27-14-. The van der Waals surface area contributed by atoms with Gasteiger partial charge in [-0.15, -0.1) is 0 Å². The maximum Gasteiger partial charge on any atom is 0.244 e. The van der Waals surface area contributed by atoms with Gasteiger partial charge in [0.2, 0.25) is 5.91 Å². The summed E-state index contributed by atoms with van der Waals surface area (Å²) in [6.45, 7) is 4.37. The molecular weight excluding hydrogens is 419 g/mol. The highest BCUT2D eigenvalue weighted by molar-refractivity contribution is 6.31. The molecule has 0 saturated carbocycles. The molecule has 0 aliphatic heterocycles. The molecule has 30 heavy (non-hydrogen) atoms. The van der Waals surface area contributed by atoms with Crippen molar-refractivity contribution in [3.63, 3.8) is 0 Å². The zero-order chi connectivity index (χ0) is 21.5. The molecule has 0 bridgehead atoms. The van der Waals surface area contributed by atoms with Crippen LogP contribution in [-0.2, 0) is 17.8 Å². The Balaban J connectivity index is 1.64. The van der Waals surface area contributed by atoms with Crippen molar-refractivity contribution >= 4 is 35.3 Å². The molecule has 0 aliphatic rings. The van der Waals surface area contributed by atoms with E-state index in [0.29, 0.717) is 28.0 Å². The van der Waals surface area contributed by atoms with Gasteiger partial charge in [-0.2, -0.15) is 5.10 Å². The number of ether oxygens (including phenoxy) is 1. The van der Waals surface area contributed by atoms with Crippen LogP contribution in [0.3, 0.4) is 0 Å². The summed E-state index contributed by atoms with van der Waals surface area (Å²) in [5.74, 6) is 0.411. The summed E-state index contributed by atoms with van der Waals surface area (Å²) in [5.41, 5.74) is 7.40. The van der Waals surface area contributed by atoms with Gasteiger partial charge >= 0.3 is 0 Å². The highest BCUT2D eigenvalue weighted by Gasteiger charge is 2.07. The number of carbonyl (C=O) groups excluding carboxylic acids is 1. The van der Waals surface area contributed by atoms with Gasteiger partial charge in [-0.25, -0.2) is 5.43 Å². The Labute approximate surface area is 186 Å². The topological polar surface area (TPSA) is 50.7 Å². The van der Waals surface area contributed by atoms with E-state index in [-0.39, 0.29) is 12.3 Å². The minimum atomic E-state index is -0.193. The average Bonchev–Trinajstić information content (AvgIpc) is 2.69. The Morgan fingerprint density at radius 2 is 1.83 bits per heavy atom. The van der Waals surface area contributed by atoms with E-state index in [0.717, 1.165) is 16.7 Å². The van der Waals surface area contributed by atoms with Gasteiger partial charge in [0.1, 0.15) is 12.4 Å². The van der Waals surface area contributed by atoms with Crippen molar-refractivity contribution in [2.24, 2.45) is 5.10 Å². The molecule has 0 aliphatic carbocycles. The highest BCUT2D eigenvalue weighted by atomic mass is 35.5. The Morgan fingerprint density at radius 3 is 2.60 bits per heavy atom. The second-order valence-corrected chi connectivity index (χ2v) is 7.87. The van der Waals surface area contributed by atoms with E-state index in [1.165, 1.54) is 11.8 Å². The molecule has 1 amide bonds. The van der Waals surface area contributed by atoms with Crippen molar-refractivity contribution in [1.29, 1.82) is 0 Å². The Kier molecular flexibility index (Phi) is 7.50. The van der Waals surface area contributed by atoms with E-state index in [1.807, 2.05) is 50.2 Å². The van der Waals surface area contributed by atoms with Crippen LogP contribution < -0.4 is 10.2 Å². The molecular formula is C24H22Cl2N2O2. The van der Waals surface area contributed by atoms with Crippen molar-refractivity contribution in [1.82, 2.24) is 5.43 Å². The summed E-state index contributed by atoms with van der Waals surface area (Å²) in [6, 6.07) is 18.7. The monoisotopic (exact) mass is 440 g/mol. The lowest BCUT2D eigenvalue weighted by Crippen LogP contribution is -2.20. The summed E-state index contributed by atoms with van der Waals surface area (Å²) in [6.07, 6.45) is 1.79. The molecule has 0 saturated heterocycles. The molecule has 0 unspecified atom stereocenters. The molecule has 0 heterocycles. The number of carbonyl (C=O) groups is 1. The lowest BCUT2D eigenvalue weighted by Gasteiger charge is -2.10. The molecule has 0 aromatic heterocycles. The molecule has 1 N–H and O–H groups in total. The molecule has 4 nitrogen and oxygen atoms in total. The number of hydrazone groups is 1. The fourth-order valence-corrected chi connectivity index (χ4v) is 3.36. The number of amides is 1. The number of benzene rings is 3. The summed E-state index contributed by atoms with van der Waals surface area (Å²) >= 11 is 12.1. The minimum absolute atomic E-state index is 0.193. The van der Waals surface area contributed by atoms with Gasteiger partial charge in [0.25, 0.3) is 0 Å². The average molecular weight is 441 g/mol. The first-order valence-corrected chi connectivity index (χ1v) is 10.2. The third-order valence-electron chi connectivity index (χ3n) is 4.50. The first-order valence-electron chi connectivity index (χ1n) is 9.45. The fraction of sp³-hybridized carbons (Fsp3) is 0.167. The Bertz CT molecular complexity index is 1080. The molecule has 0 spiro atoms. The van der Waals surface area contributed by atoms with Gasteiger partial charge in [-0.3, -0.25) is 4.79 Å². The third-order valence-corrected chi connectivity index (χ3v) is 4.97. The van der Waals surface area contributed by atoms with Crippen molar-refractivity contribution in [2.75, 3.05) is 0 Å². The van der Waals surface area contributed by atoms with Crippen LogP contribution in [0.15, 0.2) is 65.8 Å². The van der Waals surface area contributed by atoms with Crippen LogP contribution in [-0.4, -0.2) is 12.1 Å². The number of aryl methyl sites for hydroxylation is 2. The van der Waals surface area contributed by atoms with Crippen LogP contribution in [0.1, 0.15) is 27.8 Å². The van der Waals surface area contributed by atoms with E-state index < -0.39 is 0 Å². The first-order chi connectivity index (χ1) is 14.4. The van der Waals surface area contributed by atoms with Crippen LogP contribution >= 0.6 is 23.2 Å². The van der Waals surface area contributed by atoms with Crippen LogP contribution in [0.25, 0.3) is 0 Å². The molecule has 3 rings (SSSR count). The van der Waals surface area contributed by atoms with Crippen molar-refractivity contribution in [3.8, 4) is 5.75 Å². The molecule has 0 fully saturated rings. The van der Waals surface area contributed by atoms with Crippen LogP contribution in [0.2, 0.25) is 10.0 Å². The van der Waals surface area contributed by atoms with Crippen LogP contribution in [0.4, 0.5) is 0 Å². The fourth-order valence-electron chi connectivity index (χ4n) is 2.97. The van der Waals surface area contributed by atoms with Crippen molar-refractivity contribution in [3.05, 3.63) is 98.5 Å². The van der Waals surface area contributed by atoms with Gasteiger partial charge in [-0.1, -0.05) is 59.1 Å². The first kappa shape index (κ1) is 21.9. The van der Waals surface area contributed by atoms with Gasteiger partial charge in [-0.05, 0) is 60.9 Å². The Hall–Kier alpha value is -2.82. The van der Waals surface area contributed by atoms with Crippen LogP contribution in [0, 0.1) is 13.8 Å². The zero-order valence-corrected chi connectivity index (χ0v) is 18.3. The summed E-state index contributed by atoms with van der Waals surface area (Å²) in [4.78, 5) is 12.2. The maximum atomic E-state index is 12.2. The number of hydrogen-bond acceptors (Lipinski definition) is 3. The number of hydrogen-bond donors (Lipinski definition) is 1. The summed E-state index contributed by atoms with van der Waals surface area (Å²) in [5, 5.41) is 5.27. The molecule has 0 radical (unpaired) electrons. The lowest BCUT2D eigenvalue weighted by molar-refractivity contribution is -0.120. The highest BCUT2D eigenvalue weighted by Crippen LogP contribution is 2.23. The Morgan fingerprint density at radius 1 is 1.03 bits per heavy atom. The molecule has 3 aromatic carbocycles. The normalized spacial score (nSPS) is 10.9. The van der Waals surface area contributed by atoms with E-state index in [1.54, 1.807) is 18.2 Å². The van der Waals surface area contributed by atoms with Crippen molar-refractivity contribution < 1.29 is 9.53 Å². The van der Waals surface area contributed by atoms with Gasteiger partial charge in [0.05, 0.1) is 12.6 Å². The predicted octanol–water partition coefficient (Wildman–Crippen LogP) is 5.88. The van der Waals surface area contributed by atoms with E-state index in [4.69, 9.17) is 27.9 Å². The number of rotatable bonds is 7. The summed E-state index contributed by atoms with van der Waals surface area (Å²) in [7, 11) is 0. The second-order valence-electron chi connectivity index (χ2n) is 7.00. The lowest BCUT2D eigenvalue weighted by atomic mass is 10.0. The third kappa shape index (κ3) is 6.34. The van der Waals surface area contributed by atoms with Gasteiger partial charge in [0, 0.05) is 15.6 Å². The SMILES string of the molecule is Cc1ccc(CC(=O)N/N=C\c2cc(Cl)ccc2OCc2cccc(Cl)c2)c(C)c1.